The Kier molecular flexibility index (Phi) is 4.16. The molecule has 0 bridgehead atoms. The minimum absolute atomic E-state index is 0.347. The molecule has 1 fully saturated rings. The maximum Gasteiger partial charge on any atom is 0.225 e. The summed E-state index contributed by atoms with van der Waals surface area (Å²) in [5.41, 5.74) is 1.79. The number of nitrogens with zero attached hydrogens (tertiary/aromatic N) is 7. The van der Waals surface area contributed by atoms with Crippen molar-refractivity contribution >= 4 is 11.8 Å². The fraction of sp³-hybridized carbons (Fsp3) is 0.235. The average Bonchev–Trinajstić information content (AvgIpc) is 2.69. The van der Waals surface area contributed by atoms with Crippen molar-refractivity contribution in [3.8, 4) is 11.3 Å². The normalized spacial score (nSPS) is 14.6. The molecule has 0 amide bonds. The standard InChI is InChI=1S/C17H16FN7/c18-14-11-20-12-22-16(14)24-6-8-25(9-7-24)17-21-5-3-15(23-17)13-2-1-4-19-10-13/h1-5,10-12H,6-9H2. The Hall–Kier alpha value is -3.16. The highest BCUT2D eigenvalue weighted by Gasteiger charge is 2.22. The molecule has 8 heteroatoms. The maximum atomic E-state index is 13.8. The molecule has 1 aliphatic rings. The van der Waals surface area contributed by atoms with Gasteiger partial charge in [-0.15, -0.1) is 0 Å². The van der Waals surface area contributed by atoms with Crippen LogP contribution >= 0.6 is 0 Å². The van der Waals surface area contributed by atoms with Crippen LogP contribution in [0.4, 0.5) is 16.2 Å². The summed E-state index contributed by atoms with van der Waals surface area (Å²) in [4.78, 5) is 24.9. The molecule has 7 nitrogen and oxygen atoms in total. The Labute approximate surface area is 144 Å². The SMILES string of the molecule is Fc1cncnc1N1CCN(c2nccc(-c3cccnc3)n2)CC1. The van der Waals surface area contributed by atoms with Gasteiger partial charge in [0.05, 0.1) is 11.9 Å². The summed E-state index contributed by atoms with van der Waals surface area (Å²) in [5, 5.41) is 0. The lowest BCUT2D eigenvalue weighted by Gasteiger charge is -2.35. The van der Waals surface area contributed by atoms with Crippen LogP contribution in [0.25, 0.3) is 11.3 Å². The lowest BCUT2D eigenvalue weighted by atomic mass is 10.2. The van der Waals surface area contributed by atoms with Crippen molar-refractivity contribution in [2.75, 3.05) is 36.0 Å². The first-order chi connectivity index (χ1) is 12.3. The number of aromatic nitrogens is 5. The van der Waals surface area contributed by atoms with E-state index in [0.29, 0.717) is 37.9 Å². The Morgan fingerprint density at radius 3 is 2.48 bits per heavy atom. The van der Waals surface area contributed by atoms with Crippen LogP contribution in [0.3, 0.4) is 0 Å². The smallest absolute Gasteiger partial charge is 0.225 e. The van der Waals surface area contributed by atoms with Crippen molar-refractivity contribution in [2.24, 2.45) is 0 Å². The van der Waals surface area contributed by atoms with E-state index in [0.717, 1.165) is 11.3 Å². The zero-order chi connectivity index (χ0) is 17.1. The van der Waals surface area contributed by atoms with Crippen LogP contribution < -0.4 is 9.80 Å². The van der Waals surface area contributed by atoms with Crippen molar-refractivity contribution in [1.82, 2.24) is 24.9 Å². The van der Waals surface area contributed by atoms with E-state index < -0.39 is 5.82 Å². The number of rotatable bonds is 3. The summed E-state index contributed by atoms with van der Waals surface area (Å²) in [5.74, 6) is 0.620. The first-order valence-electron chi connectivity index (χ1n) is 8.00. The fourth-order valence-corrected chi connectivity index (χ4v) is 2.83. The van der Waals surface area contributed by atoms with E-state index in [1.54, 1.807) is 18.6 Å². The van der Waals surface area contributed by atoms with E-state index in [1.165, 1.54) is 12.5 Å². The molecule has 0 aromatic carbocycles. The van der Waals surface area contributed by atoms with Gasteiger partial charge in [-0.25, -0.2) is 24.3 Å². The third kappa shape index (κ3) is 3.23. The minimum atomic E-state index is -0.397. The van der Waals surface area contributed by atoms with Crippen LogP contribution in [0, 0.1) is 5.82 Å². The van der Waals surface area contributed by atoms with E-state index in [2.05, 4.69) is 29.8 Å². The van der Waals surface area contributed by atoms with E-state index in [-0.39, 0.29) is 0 Å². The molecule has 4 heterocycles. The Morgan fingerprint density at radius 1 is 0.880 bits per heavy atom. The summed E-state index contributed by atoms with van der Waals surface area (Å²) in [7, 11) is 0. The molecule has 0 saturated carbocycles. The number of pyridine rings is 1. The molecule has 25 heavy (non-hydrogen) atoms. The van der Waals surface area contributed by atoms with Gasteiger partial charge in [0.15, 0.2) is 11.6 Å². The average molecular weight is 337 g/mol. The molecule has 0 atom stereocenters. The van der Waals surface area contributed by atoms with E-state index in [4.69, 9.17) is 0 Å². The van der Waals surface area contributed by atoms with Gasteiger partial charge < -0.3 is 9.80 Å². The molecule has 1 aliphatic heterocycles. The first kappa shape index (κ1) is 15.4. The Morgan fingerprint density at radius 2 is 1.72 bits per heavy atom. The van der Waals surface area contributed by atoms with Crippen LogP contribution in [0.2, 0.25) is 0 Å². The summed E-state index contributed by atoms with van der Waals surface area (Å²) in [6, 6.07) is 5.72. The molecule has 1 saturated heterocycles. The lowest BCUT2D eigenvalue weighted by molar-refractivity contribution is 0.579. The van der Waals surface area contributed by atoms with E-state index >= 15 is 0 Å². The molecule has 0 aliphatic carbocycles. The monoisotopic (exact) mass is 337 g/mol. The maximum absolute atomic E-state index is 13.8. The molecule has 4 rings (SSSR count). The molecular formula is C17H16FN7. The van der Waals surface area contributed by atoms with Gasteiger partial charge in [-0.05, 0) is 18.2 Å². The van der Waals surface area contributed by atoms with Crippen molar-refractivity contribution in [3.05, 3.63) is 55.1 Å². The molecule has 3 aromatic rings. The third-order valence-electron chi connectivity index (χ3n) is 4.11. The summed E-state index contributed by atoms with van der Waals surface area (Å²) < 4.78 is 13.8. The highest BCUT2D eigenvalue weighted by atomic mass is 19.1. The summed E-state index contributed by atoms with van der Waals surface area (Å²) in [6.07, 6.45) is 7.82. The molecule has 126 valence electrons. The van der Waals surface area contributed by atoms with Gasteiger partial charge in [0.2, 0.25) is 5.95 Å². The van der Waals surface area contributed by atoms with Crippen molar-refractivity contribution in [1.29, 1.82) is 0 Å². The van der Waals surface area contributed by atoms with Crippen LogP contribution in [0.1, 0.15) is 0 Å². The van der Waals surface area contributed by atoms with Crippen molar-refractivity contribution in [2.45, 2.75) is 0 Å². The van der Waals surface area contributed by atoms with Crippen LogP contribution in [-0.4, -0.2) is 51.1 Å². The van der Waals surface area contributed by atoms with Crippen LogP contribution in [-0.2, 0) is 0 Å². The highest BCUT2D eigenvalue weighted by Crippen LogP contribution is 2.21. The van der Waals surface area contributed by atoms with Gasteiger partial charge >= 0.3 is 0 Å². The highest BCUT2D eigenvalue weighted by molar-refractivity contribution is 5.59. The fourth-order valence-electron chi connectivity index (χ4n) is 2.83. The quantitative estimate of drug-likeness (QED) is 0.721. The Bertz CT molecular complexity index is 850. The van der Waals surface area contributed by atoms with Crippen LogP contribution in [0.5, 0.6) is 0 Å². The minimum Gasteiger partial charge on any atom is -0.351 e. The van der Waals surface area contributed by atoms with Gasteiger partial charge in [-0.1, -0.05) is 0 Å². The molecule has 0 N–H and O–H groups in total. The number of anilines is 2. The second-order valence-electron chi connectivity index (χ2n) is 5.65. The van der Waals surface area contributed by atoms with Gasteiger partial charge in [0.25, 0.3) is 0 Å². The van der Waals surface area contributed by atoms with Gasteiger partial charge in [-0.3, -0.25) is 4.98 Å². The number of hydrogen-bond acceptors (Lipinski definition) is 7. The van der Waals surface area contributed by atoms with Crippen LogP contribution in [0.15, 0.2) is 49.3 Å². The molecule has 3 aromatic heterocycles. The van der Waals surface area contributed by atoms with Gasteiger partial charge in [-0.2, -0.15) is 0 Å². The zero-order valence-electron chi connectivity index (χ0n) is 13.5. The van der Waals surface area contributed by atoms with Gasteiger partial charge in [0.1, 0.15) is 6.33 Å². The predicted molar refractivity (Wildman–Crippen MR) is 91.7 cm³/mol. The molecular weight excluding hydrogens is 321 g/mol. The molecule has 0 radical (unpaired) electrons. The van der Waals surface area contributed by atoms with Crippen molar-refractivity contribution < 1.29 is 4.39 Å². The predicted octanol–water partition coefficient (Wildman–Crippen LogP) is 1.79. The second-order valence-corrected chi connectivity index (χ2v) is 5.65. The topological polar surface area (TPSA) is 70.9 Å². The molecule has 0 unspecified atom stereocenters. The first-order valence-corrected chi connectivity index (χ1v) is 8.00. The van der Waals surface area contributed by atoms with E-state index in [1.807, 2.05) is 23.1 Å². The summed E-state index contributed by atoms with van der Waals surface area (Å²) in [6.45, 7) is 2.68. The Balaban J connectivity index is 1.49. The number of piperazine rings is 1. The largest absolute Gasteiger partial charge is 0.351 e. The summed E-state index contributed by atoms with van der Waals surface area (Å²) >= 11 is 0. The number of halogens is 1. The third-order valence-corrected chi connectivity index (χ3v) is 4.11. The van der Waals surface area contributed by atoms with E-state index in [9.17, 15) is 4.39 Å². The lowest BCUT2D eigenvalue weighted by Crippen LogP contribution is -2.47. The van der Waals surface area contributed by atoms with Gasteiger partial charge in [0, 0.05) is 50.3 Å². The zero-order valence-corrected chi connectivity index (χ0v) is 13.5. The van der Waals surface area contributed by atoms with Crippen molar-refractivity contribution in [3.63, 3.8) is 0 Å². The number of hydrogen-bond donors (Lipinski definition) is 0. The molecule has 0 spiro atoms. The second kappa shape index (κ2) is 6.76.